The monoisotopic (exact) mass is 352 g/mol. The minimum atomic E-state index is 0.501. The van der Waals surface area contributed by atoms with Gasteiger partial charge in [0.25, 0.3) is 0 Å². The van der Waals surface area contributed by atoms with Crippen molar-refractivity contribution in [2.24, 2.45) is 12.0 Å². The second-order valence-corrected chi connectivity index (χ2v) is 6.59. The molecule has 1 N–H and O–H groups in total. The van der Waals surface area contributed by atoms with Gasteiger partial charge in [-0.25, -0.2) is 4.99 Å². The SMILES string of the molecule is CCNC(=NCc1nnc2ccccn12)N1CCC(c2cnn(C)c2)C1. The average molecular weight is 352 g/mol. The van der Waals surface area contributed by atoms with Gasteiger partial charge in [-0.15, -0.1) is 10.2 Å². The van der Waals surface area contributed by atoms with Gasteiger partial charge in [-0.1, -0.05) is 6.07 Å². The number of aliphatic imine (C=N–C) groups is 1. The Kier molecular flexibility index (Phi) is 4.55. The molecule has 0 aliphatic carbocycles. The van der Waals surface area contributed by atoms with Gasteiger partial charge in [0.1, 0.15) is 6.54 Å². The van der Waals surface area contributed by atoms with Gasteiger partial charge in [0.2, 0.25) is 0 Å². The van der Waals surface area contributed by atoms with Crippen LogP contribution in [-0.2, 0) is 13.6 Å². The Labute approximate surface area is 152 Å². The summed E-state index contributed by atoms with van der Waals surface area (Å²) in [6, 6.07) is 5.89. The molecule has 1 saturated heterocycles. The van der Waals surface area contributed by atoms with Crippen LogP contribution in [0.5, 0.6) is 0 Å². The van der Waals surface area contributed by atoms with E-state index in [2.05, 4.69) is 38.6 Å². The number of likely N-dealkylation sites (tertiary alicyclic amines) is 1. The molecular weight excluding hydrogens is 328 g/mol. The van der Waals surface area contributed by atoms with Gasteiger partial charge in [0, 0.05) is 45.0 Å². The average Bonchev–Trinajstić information content (AvgIpc) is 3.38. The lowest BCUT2D eigenvalue weighted by Crippen LogP contribution is -2.40. The fraction of sp³-hybridized carbons (Fsp3) is 0.444. The molecule has 0 spiro atoms. The largest absolute Gasteiger partial charge is 0.357 e. The fourth-order valence-corrected chi connectivity index (χ4v) is 3.45. The van der Waals surface area contributed by atoms with Crippen molar-refractivity contribution in [2.75, 3.05) is 19.6 Å². The van der Waals surface area contributed by atoms with Gasteiger partial charge in [0.15, 0.2) is 17.4 Å². The highest BCUT2D eigenvalue weighted by atomic mass is 15.3. The van der Waals surface area contributed by atoms with Crippen molar-refractivity contribution in [1.29, 1.82) is 0 Å². The van der Waals surface area contributed by atoms with Crippen LogP contribution in [0.1, 0.15) is 30.7 Å². The second-order valence-electron chi connectivity index (χ2n) is 6.59. The number of guanidine groups is 1. The summed E-state index contributed by atoms with van der Waals surface area (Å²) in [6.07, 6.45) is 7.17. The molecule has 1 atom stereocenters. The molecular formula is C18H24N8. The number of nitrogens with zero attached hydrogens (tertiary/aromatic N) is 7. The topological polar surface area (TPSA) is 75.6 Å². The van der Waals surface area contributed by atoms with E-state index in [0.29, 0.717) is 12.5 Å². The molecule has 0 saturated carbocycles. The predicted octanol–water partition coefficient (Wildman–Crippen LogP) is 1.42. The third-order valence-corrected chi connectivity index (χ3v) is 4.77. The molecule has 1 fully saturated rings. The number of rotatable bonds is 4. The van der Waals surface area contributed by atoms with Gasteiger partial charge in [-0.2, -0.15) is 5.10 Å². The fourth-order valence-electron chi connectivity index (χ4n) is 3.45. The number of hydrogen-bond acceptors (Lipinski definition) is 4. The first kappa shape index (κ1) is 16.6. The van der Waals surface area contributed by atoms with Crippen molar-refractivity contribution in [3.63, 3.8) is 0 Å². The molecule has 3 aromatic heterocycles. The summed E-state index contributed by atoms with van der Waals surface area (Å²) in [7, 11) is 1.96. The Morgan fingerprint density at radius 3 is 3.08 bits per heavy atom. The maximum Gasteiger partial charge on any atom is 0.194 e. The van der Waals surface area contributed by atoms with E-state index < -0.39 is 0 Å². The zero-order chi connectivity index (χ0) is 17.9. The molecule has 8 heteroatoms. The summed E-state index contributed by atoms with van der Waals surface area (Å²) >= 11 is 0. The number of pyridine rings is 1. The summed E-state index contributed by atoms with van der Waals surface area (Å²) < 4.78 is 3.85. The summed E-state index contributed by atoms with van der Waals surface area (Å²) in [5, 5.41) is 16.2. The standard InChI is InChI=1S/C18H24N8/c1-3-19-18(20-11-17-23-22-16-6-4-5-8-26(16)17)25-9-7-14(13-25)15-10-21-24(2)12-15/h4-6,8,10,12,14H,3,7,9,11,13H2,1-2H3,(H,19,20). The van der Waals surface area contributed by atoms with Gasteiger partial charge in [-0.3, -0.25) is 9.08 Å². The minimum Gasteiger partial charge on any atom is -0.357 e. The van der Waals surface area contributed by atoms with E-state index in [4.69, 9.17) is 4.99 Å². The smallest absolute Gasteiger partial charge is 0.194 e. The van der Waals surface area contributed by atoms with E-state index in [9.17, 15) is 0 Å². The minimum absolute atomic E-state index is 0.501. The molecule has 3 aromatic rings. The number of aryl methyl sites for hydroxylation is 1. The van der Waals surface area contributed by atoms with E-state index in [1.165, 1.54) is 5.56 Å². The van der Waals surface area contributed by atoms with E-state index >= 15 is 0 Å². The lowest BCUT2D eigenvalue weighted by atomic mass is 10.0. The molecule has 0 radical (unpaired) electrons. The molecule has 4 heterocycles. The van der Waals surface area contributed by atoms with Gasteiger partial charge >= 0.3 is 0 Å². The molecule has 0 amide bonds. The summed E-state index contributed by atoms with van der Waals surface area (Å²) in [5.41, 5.74) is 2.15. The van der Waals surface area contributed by atoms with Crippen molar-refractivity contribution in [3.05, 3.63) is 48.2 Å². The highest BCUT2D eigenvalue weighted by molar-refractivity contribution is 5.80. The van der Waals surface area contributed by atoms with Crippen LogP contribution in [0, 0.1) is 0 Å². The molecule has 0 bridgehead atoms. The number of hydrogen-bond donors (Lipinski definition) is 1. The van der Waals surface area contributed by atoms with Crippen LogP contribution in [0.4, 0.5) is 0 Å². The molecule has 1 aliphatic heterocycles. The maximum atomic E-state index is 4.81. The summed E-state index contributed by atoms with van der Waals surface area (Å²) in [6.45, 7) is 5.38. The molecule has 1 unspecified atom stereocenters. The van der Waals surface area contributed by atoms with Crippen LogP contribution in [0.15, 0.2) is 41.8 Å². The first-order valence-electron chi connectivity index (χ1n) is 9.05. The molecule has 8 nitrogen and oxygen atoms in total. The molecule has 136 valence electrons. The number of nitrogens with one attached hydrogen (secondary N) is 1. The van der Waals surface area contributed by atoms with Crippen molar-refractivity contribution in [2.45, 2.75) is 25.8 Å². The van der Waals surface area contributed by atoms with E-state index in [1.54, 1.807) is 0 Å². The second kappa shape index (κ2) is 7.15. The van der Waals surface area contributed by atoms with E-state index in [0.717, 1.165) is 43.5 Å². The quantitative estimate of drug-likeness (QED) is 0.568. The Hall–Kier alpha value is -2.90. The zero-order valence-corrected chi connectivity index (χ0v) is 15.2. The number of aromatic nitrogens is 5. The van der Waals surface area contributed by atoms with Crippen molar-refractivity contribution >= 4 is 11.6 Å². The van der Waals surface area contributed by atoms with Crippen molar-refractivity contribution in [1.82, 2.24) is 34.6 Å². The van der Waals surface area contributed by atoms with E-state index in [-0.39, 0.29) is 0 Å². The lowest BCUT2D eigenvalue weighted by molar-refractivity contribution is 0.485. The van der Waals surface area contributed by atoms with Crippen molar-refractivity contribution < 1.29 is 0 Å². The zero-order valence-electron chi connectivity index (χ0n) is 15.2. The molecule has 4 rings (SSSR count). The van der Waals surface area contributed by atoms with Crippen LogP contribution in [0.2, 0.25) is 0 Å². The molecule has 0 aromatic carbocycles. The Bertz CT molecular complexity index is 909. The van der Waals surface area contributed by atoms with Gasteiger partial charge in [0.05, 0.1) is 6.20 Å². The highest BCUT2D eigenvalue weighted by Gasteiger charge is 2.27. The van der Waals surface area contributed by atoms with Crippen LogP contribution in [0.3, 0.4) is 0 Å². The molecule has 1 aliphatic rings. The Morgan fingerprint density at radius 1 is 1.35 bits per heavy atom. The first-order chi connectivity index (χ1) is 12.7. The van der Waals surface area contributed by atoms with Crippen LogP contribution in [0.25, 0.3) is 5.65 Å². The predicted molar refractivity (Wildman–Crippen MR) is 99.9 cm³/mol. The van der Waals surface area contributed by atoms with Gasteiger partial charge < -0.3 is 10.2 Å². The van der Waals surface area contributed by atoms with Crippen LogP contribution < -0.4 is 5.32 Å². The summed E-state index contributed by atoms with van der Waals surface area (Å²) in [4.78, 5) is 7.13. The highest BCUT2D eigenvalue weighted by Crippen LogP contribution is 2.26. The first-order valence-corrected chi connectivity index (χ1v) is 9.05. The number of fused-ring (bicyclic) bond motifs is 1. The van der Waals surface area contributed by atoms with Gasteiger partial charge in [-0.05, 0) is 31.0 Å². The van der Waals surface area contributed by atoms with Crippen molar-refractivity contribution in [3.8, 4) is 0 Å². The third kappa shape index (κ3) is 3.26. The third-order valence-electron chi connectivity index (χ3n) is 4.77. The van der Waals surface area contributed by atoms with E-state index in [1.807, 2.05) is 46.7 Å². The summed E-state index contributed by atoms with van der Waals surface area (Å²) in [5.74, 6) is 2.28. The normalized spacial score (nSPS) is 18.0. The lowest BCUT2D eigenvalue weighted by Gasteiger charge is -2.21. The Balaban J connectivity index is 1.49. The molecule has 26 heavy (non-hydrogen) atoms. The van der Waals surface area contributed by atoms with Crippen LogP contribution >= 0.6 is 0 Å². The van der Waals surface area contributed by atoms with Crippen LogP contribution in [-0.4, -0.2) is 54.9 Å². The maximum absolute atomic E-state index is 4.81. The Morgan fingerprint density at radius 2 is 2.27 bits per heavy atom.